The van der Waals surface area contributed by atoms with Crippen molar-refractivity contribution in [2.45, 2.75) is 39.7 Å². The summed E-state index contributed by atoms with van der Waals surface area (Å²) in [4.78, 5) is 0. The average molecular weight is 443 g/mol. The number of aromatic nitrogens is 2. The van der Waals surface area contributed by atoms with Crippen LogP contribution in [0.4, 0.5) is 5.95 Å². The molecule has 3 aromatic carbocycles. The van der Waals surface area contributed by atoms with Crippen LogP contribution in [0.2, 0.25) is 5.02 Å². The Morgan fingerprint density at radius 3 is 2.47 bits per heavy atom. The van der Waals surface area contributed by atoms with E-state index in [9.17, 15) is 0 Å². The third-order valence-corrected chi connectivity index (χ3v) is 6.68. The number of hydrogen-bond donors (Lipinski definition) is 1. The molecular formula is C28H29ClN3+. The molecule has 4 aromatic rings. The van der Waals surface area contributed by atoms with E-state index in [1.807, 2.05) is 6.07 Å². The maximum absolute atomic E-state index is 6.29. The van der Waals surface area contributed by atoms with Gasteiger partial charge in [0.25, 0.3) is 0 Å². The number of rotatable bonds is 5. The lowest BCUT2D eigenvalue weighted by atomic mass is 9.98. The van der Waals surface area contributed by atoms with E-state index in [1.165, 1.54) is 39.2 Å². The van der Waals surface area contributed by atoms with Gasteiger partial charge in [-0.05, 0) is 65.4 Å². The van der Waals surface area contributed by atoms with Crippen molar-refractivity contribution in [2.75, 3.05) is 11.9 Å². The maximum atomic E-state index is 6.29. The molecule has 2 heterocycles. The van der Waals surface area contributed by atoms with E-state index in [1.54, 1.807) is 0 Å². The normalized spacial score (nSPS) is 13.0. The molecule has 0 saturated heterocycles. The minimum Gasteiger partial charge on any atom is -0.277 e. The summed E-state index contributed by atoms with van der Waals surface area (Å²) in [5.74, 6) is 1.14. The Morgan fingerprint density at radius 1 is 0.906 bits per heavy atom. The van der Waals surface area contributed by atoms with Crippen molar-refractivity contribution in [3.05, 3.63) is 89.1 Å². The lowest BCUT2D eigenvalue weighted by Crippen LogP contribution is -2.43. The molecule has 3 nitrogen and oxygen atoms in total. The van der Waals surface area contributed by atoms with Crippen molar-refractivity contribution in [1.82, 2.24) is 4.57 Å². The Balaban J connectivity index is 1.59. The molecule has 0 amide bonds. The fraction of sp³-hybridized carbons (Fsp3) is 0.250. The minimum atomic E-state index is 0.796. The highest BCUT2D eigenvalue weighted by molar-refractivity contribution is 6.30. The van der Waals surface area contributed by atoms with Crippen LogP contribution < -0.4 is 9.88 Å². The Labute approximate surface area is 195 Å². The molecule has 0 bridgehead atoms. The second kappa shape index (κ2) is 8.84. The van der Waals surface area contributed by atoms with Gasteiger partial charge in [-0.3, -0.25) is 5.32 Å². The number of imidazole rings is 1. The zero-order valence-corrected chi connectivity index (χ0v) is 19.5. The van der Waals surface area contributed by atoms with E-state index in [2.05, 4.69) is 95.2 Å². The molecule has 5 rings (SSSR count). The van der Waals surface area contributed by atoms with E-state index in [0.29, 0.717) is 0 Å². The van der Waals surface area contributed by atoms with Crippen LogP contribution in [0, 0.1) is 0 Å². The fourth-order valence-corrected chi connectivity index (χ4v) is 4.96. The number of halogens is 1. The van der Waals surface area contributed by atoms with Crippen molar-refractivity contribution < 1.29 is 4.57 Å². The molecule has 0 aliphatic carbocycles. The van der Waals surface area contributed by atoms with Gasteiger partial charge in [0, 0.05) is 17.0 Å². The molecule has 0 radical (unpaired) electrons. The van der Waals surface area contributed by atoms with Crippen LogP contribution in [-0.4, -0.2) is 11.1 Å². The zero-order chi connectivity index (χ0) is 22.1. The van der Waals surface area contributed by atoms with Gasteiger partial charge in [0.05, 0.1) is 13.1 Å². The lowest BCUT2D eigenvalue weighted by Gasteiger charge is -2.14. The number of fused-ring (bicyclic) bond motifs is 1. The number of anilines is 1. The van der Waals surface area contributed by atoms with Gasteiger partial charge < -0.3 is 0 Å². The summed E-state index contributed by atoms with van der Waals surface area (Å²) in [6.45, 7) is 6.41. The van der Waals surface area contributed by atoms with Gasteiger partial charge in [0.1, 0.15) is 17.6 Å². The summed E-state index contributed by atoms with van der Waals surface area (Å²) in [6.07, 6.45) is 5.38. The van der Waals surface area contributed by atoms with Crippen LogP contribution in [0.3, 0.4) is 0 Å². The van der Waals surface area contributed by atoms with Crippen LogP contribution in [0.15, 0.2) is 72.9 Å². The van der Waals surface area contributed by atoms with Gasteiger partial charge in [0.15, 0.2) is 0 Å². The Morgan fingerprint density at radius 2 is 1.69 bits per heavy atom. The summed E-state index contributed by atoms with van der Waals surface area (Å²) in [5, 5.41) is 4.43. The number of benzene rings is 3. The molecule has 0 spiro atoms. The van der Waals surface area contributed by atoms with Crippen LogP contribution in [0.25, 0.3) is 28.1 Å². The smallest absolute Gasteiger partial charge is 0.277 e. The van der Waals surface area contributed by atoms with E-state index in [-0.39, 0.29) is 0 Å². The van der Waals surface area contributed by atoms with Gasteiger partial charge >= 0.3 is 5.95 Å². The van der Waals surface area contributed by atoms with Gasteiger partial charge in [-0.25, -0.2) is 9.13 Å². The first-order valence-electron chi connectivity index (χ1n) is 11.6. The fourth-order valence-electron chi connectivity index (χ4n) is 4.77. The molecule has 1 aromatic heterocycles. The molecule has 0 atom stereocenters. The summed E-state index contributed by atoms with van der Waals surface area (Å²) >= 11 is 6.29. The molecule has 1 aliphatic heterocycles. The average Bonchev–Trinajstić information content (AvgIpc) is 3.23. The summed E-state index contributed by atoms with van der Waals surface area (Å²) in [7, 11) is 0. The zero-order valence-electron chi connectivity index (χ0n) is 18.7. The highest BCUT2D eigenvalue weighted by Gasteiger charge is 2.28. The maximum Gasteiger partial charge on any atom is 0.362 e. The molecule has 0 unspecified atom stereocenters. The van der Waals surface area contributed by atoms with Gasteiger partial charge in [0.2, 0.25) is 0 Å². The predicted octanol–water partition coefficient (Wildman–Crippen LogP) is 6.69. The minimum absolute atomic E-state index is 0.796. The van der Waals surface area contributed by atoms with E-state index in [0.717, 1.165) is 43.3 Å². The first-order valence-corrected chi connectivity index (χ1v) is 11.9. The van der Waals surface area contributed by atoms with Gasteiger partial charge in [-0.2, -0.15) is 0 Å². The van der Waals surface area contributed by atoms with Gasteiger partial charge in [-0.15, -0.1) is 0 Å². The van der Waals surface area contributed by atoms with Crippen LogP contribution in [0.1, 0.15) is 31.4 Å². The van der Waals surface area contributed by atoms with Gasteiger partial charge in [-0.1, -0.05) is 61.8 Å². The van der Waals surface area contributed by atoms with Crippen molar-refractivity contribution in [3.63, 3.8) is 0 Å². The van der Waals surface area contributed by atoms with E-state index >= 15 is 0 Å². The van der Waals surface area contributed by atoms with Crippen molar-refractivity contribution >= 4 is 17.5 Å². The van der Waals surface area contributed by atoms with Crippen LogP contribution in [0.5, 0.6) is 0 Å². The molecule has 1 N–H and O–H groups in total. The molecule has 32 heavy (non-hydrogen) atoms. The van der Waals surface area contributed by atoms with Crippen LogP contribution in [-0.2, 0) is 19.4 Å². The number of hydrogen-bond acceptors (Lipinski definition) is 1. The molecule has 0 saturated carbocycles. The topological polar surface area (TPSA) is 20.8 Å². The highest BCUT2D eigenvalue weighted by Crippen LogP contribution is 2.30. The van der Waals surface area contributed by atoms with Crippen molar-refractivity contribution in [2.24, 2.45) is 0 Å². The first kappa shape index (κ1) is 20.8. The number of nitrogens with one attached hydrogen (secondary N) is 1. The quantitative estimate of drug-likeness (QED) is 0.341. The van der Waals surface area contributed by atoms with Crippen molar-refractivity contribution in [1.29, 1.82) is 0 Å². The standard InChI is InChI=1S/C28H28ClN3/c1-3-20-8-5-6-9-25(20)22-10-13-24(14-11-22)32-19-27(31-17-7-16-30-28(31)32)26-15-12-23(29)18-21(26)4-2/h5-6,8-15,18-19H,3-4,7,16-17H2,1-2H3/p+1. The lowest BCUT2D eigenvalue weighted by molar-refractivity contribution is -0.675. The predicted molar refractivity (Wildman–Crippen MR) is 134 cm³/mol. The monoisotopic (exact) mass is 442 g/mol. The summed E-state index contributed by atoms with van der Waals surface area (Å²) in [5.41, 5.74) is 8.90. The Bertz CT molecular complexity index is 1250. The molecule has 0 fully saturated rings. The summed E-state index contributed by atoms with van der Waals surface area (Å²) in [6, 6.07) is 23.9. The van der Waals surface area contributed by atoms with Crippen LogP contribution >= 0.6 is 11.6 Å². The van der Waals surface area contributed by atoms with Crippen molar-refractivity contribution in [3.8, 4) is 28.1 Å². The summed E-state index contributed by atoms with van der Waals surface area (Å²) < 4.78 is 4.70. The largest absolute Gasteiger partial charge is 0.362 e. The second-order valence-corrected chi connectivity index (χ2v) is 8.79. The highest BCUT2D eigenvalue weighted by atomic mass is 35.5. The number of aryl methyl sites for hydroxylation is 2. The Hall–Kier alpha value is -3.04. The first-order chi connectivity index (χ1) is 15.7. The molecular weight excluding hydrogens is 414 g/mol. The molecule has 4 heteroatoms. The Kier molecular flexibility index (Phi) is 5.75. The second-order valence-electron chi connectivity index (χ2n) is 8.35. The van der Waals surface area contributed by atoms with E-state index < -0.39 is 0 Å². The van der Waals surface area contributed by atoms with E-state index in [4.69, 9.17) is 11.6 Å². The number of nitrogens with zero attached hydrogens (tertiary/aromatic N) is 2. The SMILES string of the molecule is CCc1ccccc1-c1ccc(-n2cc(-c3ccc(Cl)cc3CC)[n+]3c2NCCC3)cc1. The third kappa shape index (κ3) is 3.71. The third-order valence-electron chi connectivity index (χ3n) is 6.45. The molecule has 1 aliphatic rings. The molecule has 162 valence electrons.